The maximum Gasteiger partial charge on any atom is 0.274 e. The molecule has 0 aromatic heterocycles. The third-order valence-corrected chi connectivity index (χ3v) is 3.76. The zero-order valence-electron chi connectivity index (χ0n) is 10.7. The van der Waals surface area contributed by atoms with Gasteiger partial charge in [0.15, 0.2) is 0 Å². The summed E-state index contributed by atoms with van der Waals surface area (Å²) in [5.74, 6) is 0. The van der Waals surface area contributed by atoms with E-state index in [0.29, 0.717) is 22.8 Å². The van der Waals surface area contributed by atoms with Crippen molar-refractivity contribution in [1.29, 1.82) is 0 Å². The molecule has 0 amide bonds. The Morgan fingerprint density at radius 3 is 2.75 bits per heavy atom. The highest BCUT2D eigenvalue weighted by atomic mass is 79.9. The van der Waals surface area contributed by atoms with Crippen molar-refractivity contribution in [3.8, 4) is 0 Å². The Morgan fingerprint density at radius 1 is 1.30 bits per heavy atom. The lowest BCUT2D eigenvalue weighted by molar-refractivity contribution is -0.385. The van der Waals surface area contributed by atoms with Gasteiger partial charge in [-0.2, -0.15) is 0 Å². The fourth-order valence-corrected chi connectivity index (χ4v) is 2.38. The lowest BCUT2D eigenvalue weighted by atomic mass is 10.1. The van der Waals surface area contributed by atoms with Crippen molar-refractivity contribution in [1.82, 2.24) is 0 Å². The monoisotopic (exact) mass is 354 g/mol. The number of halogens is 2. The fraction of sp³-hybridized carbons (Fsp3) is 0.143. The van der Waals surface area contributed by atoms with Gasteiger partial charge in [0.1, 0.15) is 0 Å². The highest BCUT2D eigenvalue weighted by molar-refractivity contribution is 9.10. The zero-order chi connectivity index (χ0) is 14.7. The third kappa shape index (κ3) is 3.49. The molecule has 20 heavy (non-hydrogen) atoms. The molecular weight excluding hydrogens is 344 g/mol. The molecule has 1 N–H and O–H groups in total. The highest BCUT2D eigenvalue weighted by Gasteiger charge is 2.11. The summed E-state index contributed by atoms with van der Waals surface area (Å²) in [5, 5.41) is 14.7. The molecule has 2 aromatic carbocycles. The lowest BCUT2D eigenvalue weighted by Gasteiger charge is -2.09. The van der Waals surface area contributed by atoms with Crippen LogP contribution in [0.25, 0.3) is 0 Å². The number of nitrogens with one attached hydrogen (secondary N) is 1. The Balaban J connectivity index is 2.17. The minimum Gasteiger partial charge on any atom is -0.381 e. The number of nitro benzene ring substituents is 1. The van der Waals surface area contributed by atoms with Crippen molar-refractivity contribution in [2.45, 2.75) is 13.5 Å². The molecule has 2 rings (SSSR count). The number of benzene rings is 2. The van der Waals surface area contributed by atoms with Crippen LogP contribution in [0.4, 0.5) is 11.4 Å². The van der Waals surface area contributed by atoms with Crippen molar-refractivity contribution < 1.29 is 4.92 Å². The number of nitro groups is 1. The van der Waals surface area contributed by atoms with Crippen LogP contribution in [-0.2, 0) is 6.54 Å². The lowest BCUT2D eigenvalue weighted by Crippen LogP contribution is -2.01. The van der Waals surface area contributed by atoms with Crippen LogP contribution in [-0.4, -0.2) is 4.92 Å². The van der Waals surface area contributed by atoms with Gasteiger partial charge in [0, 0.05) is 33.4 Å². The van der Waals surface area contributed by atoms with Crippen LogP contribution in [0.2, 0.25) is 5.02 Å². The quantitative estimate of drug-likeness (QED) is 0.625. The zero-order valence-corrected chi connectivity index (χ0v) is 13.0. The van der Waals surface area contributed by atoms with E-state index in [-0.39, 0.29) is 10.6 Å². The van der Waals surface area contributed by atoms with Gasteiger partial charge in [0.25, 0.3) is 5.69 Å². The van der Waals surface area contributed by atoms with E-state index >= 15 is 0 Å². The van der Waals surface area contributed by atoms with Gasteiger partial charge in [-0.25, -0.2) is 0 Å². The molecule has 0 atom stereocenters. The molecule has 0 radical (unpaired) electrons. The molecule has 0 saturated carbocycles. The first kappa shape index (κ1) is 14.8. The summed E-state index contributed by atoms with van der Waals surface area (Å²) in [6.45, 7) is 2.21. The number of rotatable bonds is 4. The van der Waals surface area contributed by atoms with Gasteiger partial charge in [-0.05, 0) is 36.8 Å². The molecule has 0 aliphatic rings. The molecule has 0 saturated heterocycles. The molecule has 2 aromatic rings. The maximum atomic E-state index is 10.9. The predicted octanol–water partition coefficient (Wildman–Crippen LogP) is 4.93. The van der Waals surface area contributed by atoms with E-state index in [9.17, 15) is 10.1 Å². The van der Waals surface area contributed by atoms with E-state index in [1.807, 2.05) is 18.2 Å². The summed E-state index contributed by atoms with van der Waals surface area (Å²) >= 11 is 9.49. The van der Waals surface area contributed by atoms with E-state index in [4.69, 9.17) is 11.6 Å². The van der Waals surface area contributed by atoms with Crippen molar-refractivity contribution in [3.63, 3.8) is 0 Å². The number of nitrogens with zero attached hydrogens (tertiary/aromatic N) is 1. The topological polar surface area (TPSA) is 55.2 Å². The predicted molar refractivity (Wildman–Crippen MR) is 84.3 cm³/mol. The largest absolute Gasteiger partial charge is 0.381 e. The van der Waals surface area contributed by atoms with Crippen molar-refractivity contribution >= 4 is 38.9 Å². The molecule has 6 heteroatoms. The van der Waals surface area contributed by atoms with Crippen LogP contribution >= 0.6 is 27.5 Å². The summed E-state index contributed by atoms with van der Waals surface area (Å²) < 4.78 is 0.939. The average Bonchev–Trinajstić information content (AvgIpc) is 2.41. The number of hydrogen-bond acceptors (Lipinski definition) is 3. The van der Waals surface area contributed by atoms with Crippen molar-refractivity contribution in [2.24, 2.45) is 0 Å². The minimum atomic E-state index is -0.382. The van der Waals surface area contributed by atoms with Gasteiger partial charge in [0.05, 0.1) is 4.92 Å². The first-order valence-electron chi connectivity index (χ1n) is 5.90. The molecule has 0 fully saturated rings. The van der Waals surface area contributed by atoms with E-state index in [2.05, 4.69) is 21.2 Å². The van der Waals surface area contributed by atoms with Gasteiger partial charge in [-0.1, -0.05) is 33.6 Å². The second-order valence-electron chi connectivity index (χ2n) is 4.35. The SMILES string of the molecule is Cc1ccc(NCc2cc(Br)ccc2Cl)cc1[N+](=O)[O-]. The second kappa shape index (κ2) is 6.24. The van der Waals surface area contributed by atoms with Crippen LogP contribution in [0.3, 0.4) is 0 Å². The average molecular weight is 356 g/mol. The van der Waals surface area contributed by atoms with E-state index in [1.165, 1.54) is 6.07 Å². The maximum absolute atomic E-state index is 10.9. The van der Waals surface area contributed by atoms with E-state index < -0.39 is 0 Å². The smallest absolute Gasteiger partial charge is 0.274 e. The van der Waals surface area contributed by atoms with E-state index in [0.717, 1.165) is 10.0 Å². The first-order valence-corrected chi connectivity index (χ1v) is 7.07. The summed E-state index contributed by atoms with van der Waals surface area (Å²) in [7, 11) is 0. The number of aryl methyl sites for hydroxylation is 1. The van der Waals surface area contributed by atoms with Gasteiger partial charge >= 0.3 is 0 Å². The first-order chi connectivity index (χ1) is 9.47. The molecule has 0 bridgehead atoms. The number of anilines is 1. The molecule has 0 aliphatic heterocycles. The molecule has 0 aliphatic carbocycles. The van der Waals surface area contributed by atoms with Crippen LogP contribution in [0.5, 0.6) is 0 Å². The molecule has 104 valence electrons. The molecule has 0 heterocycles. The standard InChI is InChI=1S/C14H12BrClN2O2/c1-9-2-4-12(7-14(9)18(19)20)17-8-10-6-11(15)3-5-13(10)16/h2-7,17H,8H2,1H3. The van der Waals surface area contributed by atoms with Gasteiger partial charge in [0.2, 0.25) is 0 Å². The van der Waals surface area contributed by atoms with Crippen molar-refractivity contribution in [3.05, 3.63) is 67.1 Å². The van der Waals surface area contributed by atoms with E-state index in [1.54, 1.807) is 19.1 Å². The molecule has 0 unspecified atom stereocenters. The minimum absolute atomic E-state index is 0.107. The molecule has 0 spiro atoms. The Bertz CT molecular complexity index is 662. The Kier molecular flexibility index (Phi) is 4.62. The summed E-state index contributed by atoms with van der Waals surface area (Å²) in [6, 6.07) is 10.7. The van der Waals surface area contributed by atoms with Crippen molar-refractivity contribution in [2.75, 3.05) is 5.32 Å². The second-order valence-corrected chi connectivity index (χ2v) is 5.67. The van der Waals surface area contributed by atoms with Gasteiger partial charge in [-0.15, -0.1) is 0 Å². The molecular formula is C14H12BrClN2O2. The van der Waals surface area contributed by atoms with Crippen LogP contribution in [0.1, 0.15) is 11.1 Å². The summed E-state index contributed by atoms with van der Waals surface area (Å²) in [4.78, 5) is 10.5. The number of hydrogen-bond donors (Lipinski definition) is 1. The fourth-order valence-electron chi connectivity index (χ4n) is 1.79. The Labute approximate surface area is 130 Å². The van der Waals surface area contributed by atoms with Gasteiger partial charge in [-0.3, -0.25) is 10.1 Å². The van der Waals surface area contributed by atoms with Crippen LogP contribution < -0.4 is 5.32 Å². The Hall–Kier alpha value is -1.59. The Morgan fingerprint density at radius 2 is 2.05 bits per heavy atom. The highest BCUT2D eigenvalue weighted by Crippen LogP contribution is 2.25. The molecule has 4 nitrogen and oxygen atoms in total. The third-order valence-electron chi connectivity index (χ3n) is 2.90. The summed E-state index contributed by atoms with van der Waals surface area (Å²) in [6.07, 6.45) is 0. The van der Waals surface area contributed by atoms with Gasteiger partial charge < -0.3 is 5.32 Å². The van der Waals surface area contributed by atoms with Crippen LogP contribution in [0.15, 0.2) is 40.9 Å². The van der Waals surface area contributed by atoms with Crippen LogP contribution in [0, 0.1) is 17.0 Å². The summed E-state index contributed by atoms with van der Waals surface area (Å²) in [5.41, 5.74) is 2.36. The normalized spacial score (nSPS) is 10.3.